The van der Waals surface area contributed by atoms with E-state index < -0.39 is 0 Å². The van der Waals surface area contributed by atoms with Crippen LogP contribution in [0.3, 0.4) is 0 Å². The van der Waals surface area contributed by atoms with Crippen molar-refractivity contribution in [3.05, 3.63) is 30.3 Å². The van der Waals surface area contributed by atoms with Gasteiger partial charge in [-0.05, 0) is 25.0 Å². The number of benzene rings is 1. The van der Waals surface area contributed by atoms with Crippen molar-refractivity contribution in [2.75, 3.05) is 26.2 Å². The van der Waals surface area contributed by atoms with Crippen molar-refractivity contribution in [2.45, 2.75) is 31.3 Å². The second-order valence-corrected chi connectivity index (χ2v) is 6.70. The predicted octanol–water partition coefficient (Wildman–Crippen LogP) is 1.09. The van der Waals surface area contributed by atoms with E-state index in [1.54, 1.807) is 9.80 Å². The number of nitrogens with zero attached hydrogens (tertiary/aromatic N) is 3. The highest BCUT2D eigenvalue weighted by atomic mass is 16.5. The summed E-state index contributed by atoms with van der Waals surface area (Å²) in [5.74, 6) is 0.591. The molecule has 4 rings (SSSR count). The Morgan fingerprint density at radius 3 is 2.68 bits per heavy atom. The Morgan fingerprint density at radius 1 is 1.12 bits per heavy atom. The summed E-state index contributed by atoms with van der Waals surface area (Å²) < 4.78 is 5.63. The summed E-state index contributed by atoms with van der Waals surface area (Å²) in [5, 5.41) is 0. The van der Waals surface area contributed by atoms with Gasteiger partial charge in [0.1, 0.15) is 18.4 Å². The van der Waals surface area contributed by atoms with Crippen LogP contribution in [-0.4, -0.2) is 70.9 Å². The van der Waals surface area contributed by atoms with Gasteiger partial charge in [0.2, 0.25) is 5.91 Å². The first kappa shape index (κ1) is 15.9. The summed E-state index contributed by atoms with van der Waals surface area (Å²) in [7, 11) is 0. The molecule has 132 valence electrons. The highest BCUT2D eigenvalue weighted by Crippen LogP contribution is 2.31. The zero-order chi connectivity index (χ0) is 17.4. The Kier molecular flexibility index (Phi) is 4.07. The summed E-state index contributed by atoms with van der Waals surface area (Å²) in [5.41, 5.74) is 0. The van der Waals surface area contributed by atoms with Gasteiger partial charge in [0.15, 0.2) is 0 Å². The number of likely N-dealkylation sites (tertiary alicyclic amines) is 1. The second-order valence-electron chi connectivity index (χ2n) is 6.70. The Bertz CT molecular complexity index is 671. The molecule has 2 unspecified atom stereocenters. The van der Waals surface area contributed by atoms with Crippen molar-refractivity contribution in [3.63, 3.8) is 0 Å². The molecule has 3 aliphatic heterocycles. The van der Waals surface area contributed by atoms with E-state index in [-0.39, 0.29) is 36.3 Å². The molecule has 0 N–H and O–H groups in total. The van der Waals surface area contributed by atoms with Crippen molar-refractivity contribution in [1.29, 1.82) is 0 Å². The molecule has 0 aliphatic carbocycles. The van der Waals surface area contributed by atoms with Gasteiger partial charge in [-0.15, -0.1) is 0 Å². The third kappa shape index (κ3) is 2.83. The SMILES string of the molecule is O=C1CC(N2C(=O)C3CCCN3C2=O)CN1CCOc1ccccc1. The topological polar surface area (TPSA) is 70.2 Å². The molecule has 0 bridgehead atoms. The normalized spacial score (nSPS) is 25.9. The summed E-state index contributed by atoms with van der Waals surface area (Å²) in [6.07, 6.45) is 1.82. The molecule has 3 saturated heterocycles. The maximum Gasteiger partial charge on any atom is 0.327 e. The van der Waals surface area contributed by atoms with E-state index in [2.05, 4.69) is 0 Å². The molecule has 3 heterocycles. The maximum atomic E-state index is 12.5. The largest absolute Gasteiger partial charge is 0.492 e. The standard InChI is InChI=1S/C18H21N3O4/c22-16-11-13(21-17(23)15-7-4-8-20(15)18(21)24)12-19(16)9-10-25-14-5-2-1-3-6-14/h1-3,5-6,13,15H,4,7-12H2. The average molecular weight is 343 g/mol. The lowest BCUT2D eigenvalue weighted by Crippen LogP contribution is -2.43. The summed E-state index contributed by atoms with van der Waals surface area (Å²) in [6, 6.07) is 8.54. The van der Waals surface area contributed by atoms with Crippen LogP contribution in [0, 0.1) is 0 Å². The summed E-state index contributed by atoms with van der Waals surface area (Å²) in [4.78, 5) is 41.9. The first-order chi connectivity index (χ1) is 12.1. The molecule has 7 heteroatoms. The van der Waals surface area contributed by atoms with E-state index in [4.69, 9.17) is 4.74 Å². The van der Waals surface area contributed by atoms with Gasteiger partial charge in [-0.1, -0.05) is 18.2 Å². The number of carbonyl (C=O) groups is 3. The number of urea groups is 1. The average Bonchev–Trinajstić information content (AvgIpc) is 3.28. The van der Waals surface area contributed by atoms with E-state index in [1.165, 1.54) is 4.90 Å². The fraction of sp³-hybridized carbons (Fsp3) is 0.500. The molecule has 0 saturated carbocycles. The van der Waals surface area contributed by atoms with Gasteiger partial charge in [-0.3, -0.25) is 14.5 Å². The van der Waals surface area contributed by atoms with Crippen molar-refractivity contribution in [1.82, 2.24) is 14.7 Å². The molecule has 0 aromatic heterocycles. The highest BCUT2D eigenvalue weighted by molar-refractivity contribution is 6.05. The van der Waals surface area contributed by atoms with Gasteiger partial charge >= 0.3 is 6.03 Å². The van der Waals surface area contributed by atoms with E-state index in [9.17, 15) is 14.4 Å². The van der Waals surface area contributed by atoms with Gasteiger partial charge in [0.25, 0.3) is 5.91 Å². The van der Waals surface area contributed by atoms with Gasteiger partial charge in [-0.25, -0.2) is 4.79 Å². The Balaban J connectivity index is 1.34. The minimum Gasteiger partial charge on any atom is -0.492 e. The third-order valence-corrected chi connectivity index (χ3v) is 5.16. The Hall–Kier alpha value is -2.57. The van der Waals surface area contributed by atoms with Gasteiger partial charge in [0.05, 0.1) is 12.6 Å². The summed E-state index contributed by atoms with van der Waals surface area (Å²) >= 11 is 0. The van der Waals surface area contributed by atoms with Crippen LogP contribution in [0.4, 0.5) is 4.79 Å². The van der Waals surface area contributed by atoms with Crippen LogP contribution in [0.5, 0.6) is 5.75 Å². The third-order valence-electron chi connectivity index (χ3n) is 5.16. The number of amides is 4. The highest BCUT2D eigenvalue weighted by Gasteiger charge is 2.51. The van der Waals surface area contributed by atoms with Crippen LogP contribution in [0.25, 0.3) is 0 Å². The predicted molar refractivity (Wildman–Crippen MR) is 88.9 cm³/mol. The number of fused-ring (bicyclic) bond motifs is 1. The minimum atomic E-state index is -0.352. The number of ether oxygens (including phenoxy) is 1. The molecular formula is C18H21N3O4. The van der Waals surface area contributed by atoms with E-state index >= 15 is 0 Å². The quantitative estimate of drug-likeness (QED) is 0.751. The molecule has 7 nitrogen and oxygen atoms in total. The zero-order valence-corrected chi connectivity index (χ0v) is 14.0. The second kappa shape index (κ2) is 6.38. The Labute approximate surface area is 146 Å². The van der Waals surface area contributed by atoms with Crippen LogP contribution in [0.2, 0.25) is 0 Å². The number of carbonyl (C=O) groups excluding carboxylic acids is 3. The molecule has 1 aromatic carbocycles. The van der Waals surface area contributed by atoms with Crippen LogP contribution in [0.15, 0.2) is 30.3 Å². The molecule has 0 radical (unpaired) electrons. The number of hydrogen-bond donors (Lipinski definition) is 0. The molecule has 4 amide bonds. The van der Waals surface area contributed by atoms with Gasteiger partial charge < -0.3 is 14.5 Å². The lowest BCUT2D eigenvalue weighted by atomic mass is 10.2. The van der Waals surface area contributed by atoms with E-state index in [0.29, 0.717) is 26.2 Å². The molecule has 25 heavy (non-hydrogen) atoms. The first-order valence-corrected chi connectivity index (χ1v) is 8.74. The van der Waals surface area contributed by atoms with Gasteiger partial charge in [0, 0.05) is 19.5 Å². The van der Waals surface area contributed by atoms with Crippen molar-refractivity contribution in [2.24, 2.45) is 0 Å². The van der Waals surface area contributed by atoms with Gasteiger partial charge in [-0.2, -0.15) is 0 Å². The monoisotopic (exact) mass is 343 g/mol. The zero-order valence-electron chi connectivity index (χ0n) is 14.0. The van der Waals surface area contributed by atoms with E-state index in [0.717, 1.165) is 18.6 Å². The van der Waals surface area contributed by atoms with Crippen molar-refractivity contribution >= 4 is 17.8 Å². The fourth-order valence-electron chi connectivity index (χ4n) is 3.91. The number of imide groups is 1. The van der Waals surface area contributed by atoms with Crippen molar-refractivity contribution in [3.8, 4) is 5.75 Å². The first-order valence-electron chi connectivity index (χ1n) is 8.74. The fourth-order valence-corrected chi connectivity index (χ4v) is 3.91. The number of rotatable bonds is 5. The lowest BCUT2D eigenvalue weighted by Gasteiger charge is -2.22. The number of hydrogen-bond acceptors (Lipinski definition) is 4. The summed E-state index contributed by atoms with van der Waals surface area (Å²) in [6.45, 7) is 1.88. The van der Waals surface area contributed by atoms with Crippen LogP contribution in [-0.2, 0) is 9.59 Å². The molecule has 3 fully saturated rings. The molecular weight excluding hydrogens is 322 g/mol. The Morgan fingerprint density at radius 2 is 1.92 bits per heavy atom. The van der Waals surface area contributed by atoms with Crippen LogP contribution >= 0.6 is 0 Å². The maximum absolute atomic E-state index is 12.5. The van der Waals surface area contributed by atoms with E-state index in [1.807, 2.05) is 30.3 Å². The van der Waals surface area contributed by atoms with Crippen molar-refractivity contribution < 1.29 is 19.1 Å². The lowest BCUT2D eigenvalue weighted by molar-refractivity contribution is -0.129. The van der Waals surface area contributed by atoms with Crippen LogP contribution < -0.4 is 4.74 Å². The molecule has 0 spiro atoms. The smallest absolute Gasteiger partial charge is 0.327 e. The van der Waals surface area contributed by atoms with Crippen LogP contribution in [0.1, 0.15) is 19.3 Å². The number of para-hydroxylation sites is 1. The molecule has 1 aromatic rings. The molecule has 3 aliphatic rings. The minimum absolute atomic E-state index is 0.0330. The molecule has 2 atom stereocenters.